The van der Waals surface area contributed by atoms with E-state index in [1.165, 1.54) is 6.07 Å². The van der Waals surface area contributed by atoms with E-state index >= 15 is 0 Å². The third kappa shape index (κ3) is 5.66. The van der Waals surface area contributed by atoms with Crippen molar-refractivity contribution < 1.29 is 14.3 Å². The summed E-state index contributed by atoms with van der Waals surface area (Å²) in [5.74, 6) is -0.833. The highest BCUT2D eigenvalue weighted by molar-refractivity contribution is 5.92. The van der Waals surface area contributed by atoms with Crippen molar-refractivity contribution in [3.8, 4) is 0 Å². The topological polar surface area (TPSA) is 75.4 Å². The number of benzene rings is 2. The SMILES string of the molecule is CC(C)(CCc1ccc(C(N)=O)cc1)NCC(O)c1ccccc1F. The van der Waals surface area contributed by atoms with E-state index in [1.807, 2.05) is 26.0 Å². The summed E-state index contributed by atoms with van der Waals surface area (Å²) in [6.07, 6.45) is 0.747. The molecule has 0 heterocycles. The van der Waals surface area contributed by atoms with Crippen LogP contribution in [0.2, 0.25) is 0 Å². The van der Waals surface area contributed by atoms with Gasteiger partial charge in [0, 0.05) is 23.2 Å². The maximum atomic E-state index is 13.7. The number of nitrogens with one attached hydrogen (secondary N) is 1. The first-order valence-electron chi connectivity index (χ1n) is 8.35. The number of primary amides is 1. The zero-order valence-corrected chi connectivity index (χ0v) is 14.6. The molecule has 0 saturated carbocycles. The van der Waals surface area contributed by atoms with E-state index in [-0.39, 0.29) is 12.1 Å². The second kappa shape index (κ2) is 8.23. The van der Waals surface area contributed by atoms with Gasteiger partial charge in [-0.1, -0.05) is 30.3 Å². The molecule has 5 heteroatoms. The van der Waals surface area contributed by atoms with Gasteiger partial charge in [-0.25, -0.2) is 4.39 Å². The predicted molar refractivity (Wildman–Crippen MR) is 96.7 cm³/mol. The molecule has 25 heavy (non-hydrogen) atoms. The molecule has 0 aliphatic rings. The normalized spacial score (nSPS) is 12.8. The van der Waals surface area contributed by atoms with Crippen LogP contribution in [0.15, 0.2) is 48.5 Å². The van der Waals surface area contributed by atoms with Crippen LogP contribution in [0.1, 0.15) is 47.9 Å². The molecular formula is C20H25FN2O2. The summed E-state index contributed by atoms with van der Waals surface area (Å²) >= 11 is 0. The smallest absolute Gasteiger partial charge is 0.248 e. The fourth-order valence-corrected chi connectivity index (χ4v) is 2.61. The monoisotopic (exact) mass is 344 g/mol. The molecule has 0 radical (unpaired) electrons. The largest absolute Gasteiger partial charge is 0.387 e. The molecule has 0 aliphatic carbocycles. The molecule has 134 valence electrons. The number of aliphatic hydroxyl groups excluding tert-OH is 1. The van der Waals surface area contributed by atoms with Gasteiger partial charge in [-0.05, 0) is 50.5 Å². The van der Waals surface area contributed by atoms with Gasteiger partial charge in [0.05, 0.1) is 6.10 Å². The van der Waals surface area contributed by atoms with E-state index < -0.39 is 17.8 Å². The van der Waals surface area contributed by atoms with Crippen molar-refractivity contribution in [1.82, 2.24) is 5.32 Å². The third-order valence-corrected chi connectivity index (χ3v) is 4.32. The van der Waals surface area contributed by atoms with Crippen molar-refractivity contribution in [2.45, 2.75) is 38.3 Å². The van der Waals surface area contributed by atoms with E-state index in [2.05, 4.69) is 5.32 Å². The summed E-state index contributed by atoms with van der Waals surface area (Å²) in [5.41, 5.74) is 6.91. The molecule has 0 aromatic heterocycles. The first-order valence-corrected chi connectivity index (χ1v) is 8.35. The average molecular weight is 344 g/mol. The lowest BCUT2D eigenvalue weighted by molar-refractivity contribution is 0.1000. The second-order valence-corrected chi connectivity index (χ2v) is 6.86. The highest BCUT2D eigenvalue weighted by atomic mass is 19.1. The highest BCUT2D eigenvalue weighted by Crippen LogP contribution is 2.19. The van der Waals surface area contributed by atoms with Crippen molar-refractivity contribution in [2.75, 3.05) is 6.54 Å². The van der Waals surface area contributed by atoms with E-state index in [0.717, 1.165) is 18.4 Å². The van der Waals surface area contributed by atoms with Gasteiger partial charge in [-0.15, -0.1) is 0 Å². The minimum absolute atomic E-state index is 0.228. The molecule has 1 atom stereocenters. The molecule has 2 rings (SSSR count). The lowest BCUT2D eigenvalue weighted by Gasteiger charge is -2.28. The number of β-amino-alcohol motifs (C(OH)–C–C–N with tert-alkyl or cyclic N) is 1. The molecule has 2 aromatic carbocycles. The summed E-state index contributed by atoms with van der Waals surface area (Å²) in [7, 11) is 0. The van der Waals surface area contributed by atoms with Crippen LogP contribution in [0.25, 0.3) is 0 Å². The number of halogens is 1. The fraction of sp³-hybridized carbons (Fsp3) is 0.350. The molecule has 0 spiro atoms. The summed E-state index contributed by atoms with van der Waals surface area (Å²) in [5, 5.41) is 13.5. The van der Waals surface area contributed by atoms with Crippen molar-refractivity contribution in [2.24, 2.45) is 5.73 Å². The zero-order chi connectivity index (χ0) is 18.4. The fourth-order valence-electron chi connectivity index (χ4n) is 2.61. The van der Waals surface area contributed by atoms with E-state index in [4.69, 9.17) is 5.73 Å². The average Bonchev–Trinajstić information content (AvgIpc) is 2.59. The van der Waals surface area contributed by atoms with Crippen LogP contribution in [0.3, 0.4) is 0 Å². The lowest BCUT2D eigenvalue weighted by Crippen LogP contribution is -2.42. The summed E-state index contributed by atoms with van der Waals surface area (Å²) < 4.78 is 13.7. The Morgan fingerprint density at radius 1 is 1.20 bits per heavy atom. The number of aryl methyl sites for hydroxylation is 1. The molecule has 1 amide bonds. The van der Waals surface area contributed by atoms with Crippen LogP contribution >= 0.6 is 0 Å². The van der Waals surface area contributed by atoms with Gasteiger partial charge in [-0.3, -0.25) is 4.79 Å². The zero-order valence-electron chi connectivity index (χ0n) is 14.6. The van der Waals surface area contributed by atoms with Gasteiger partial charge in [0.25, 0.3) is 0 Å². The minimum atomic E-state index is -0.893. The highest BCUT2D eigenvalue weighted by Gasteiger charge is 2.20. The number of carbonyl (C=O) groups is 1. The number of amides is 1. The van der Waals surface area contributed by atoms with Crippen LogP contribution in [0.4, 0.5) is 4.39 Å². The molecule has 0 aliphatic heterocycles. The Bertz CT molecular complexity index is 714. The molecule has 0 fully saturated rings. The number of carbonyl (C=O) groups excluding carboxylic acids is 1. The standard InChI is InChI=1S/C20H25FN2O2/c1-20(2,12-11-14-7-9-15(10-8-14)19(22)25)23-13-18(24)16-5-3-4-6-17(16)21/h3-10,18,23-24H,11-13H2,1-2H3,(H2,22,25). The Morgan fingerprint density at radius 2 is 1.84 bits per heavy atom. The number of hydrogen-bond acceptors (Lipinski definition) is 3. The number of nitrogens with two attached hydrogens (primary N) is 1. The first-order chi connectivity index (χ1) is 11.8. The molecule has 2 aromatic rings. The lowest BCUT2D eigenvalue weighted by atomic mass is 9.94. The summed E-state index contributed by atoms with van der Waals surface area (Å²) in [6.45, 7) is 4.35. The predicted octanol–water partition coefficient (Wildman–Crippen LogP) is 2.96. The van der Waals surface area contributed by atoms with Crippen LogP contribution in [-0.4, -0.2) is 23.1 Å². The quantitative estimate of drug-likeness (QED) is 0.689. The van der Waals surface area contributed by atoms with E-state index in [0.29, 0.717) is 11.1 Å². The molecule has 4 nitrogen and oxygen atoms in total. The Hall–Kier alpha value is -2.24. The molecule has 1 unspecified atom stereocenters. The molecule has 0 saturated heterocycles. The number of aliphatic hydroxyl groups is 1. The van der Waals surface area contributed by atoms with Crippen LogP contribution in [0, 0.1) is 5.82 Å². The maximum absolute atomic E-state index is 13.7. The van der Waals surface area contributed by atoms with Crippen molar-refractivity contribution in [1.29, 1.82) is 0 Å². The van der Waals surface area contributed by atoms with Gasteiger partial charge >= 0.3 is 0 Å². The van der Waals surface area contributed by atoms with Crippen molar-refractivity contribution in [3.05, 3.63) is 71.0 Å². The Balaban J connectivity index is 1.86. The maximum Gasteiger partial charge on any atom is 0.248 e. The summed E-state index contributed by atoms with van der Waals surface area (Å²) in [4.78, 5) is 11.1. The third-order valence-electron chi connectivity index (χ3n) is 4.32. The molecule has 0 bridgehead atoms. The minimum Gasteiger partial charge on any atom is -0.387 e. The molecular weight excluding hydrogens is 319 g/mol. The number of hydrogen-bond donors (Lipinski definition) is 3. The van der Waals surface area contributed by atoms with Crippen LogP contribution in [0.5, 0.6) is 0 Å². The van der Waals surface area contributed by atoms with E-state index in [9.17, 15) is 14.3 Å². The molecule has 4 N–H and O–H groups in total. The van der Waals surface area contributed by atoms with Crippen LogP contribution < -0.4 is 11.1 Å². The Labute approximate surface area is 147 Å². The van der Waals surface area contributed by atoms with Gasteiger partial charge in [0.2, 0.25) is 5.91 Å². The summed E-state index contributed by atoms with van der Waals surface area (Å²) in [6, 6.07) is 13.5. The van der Waals surface area contributed by atoms with Crippen LogP contribution in [-0.2, 0) is 6.42 Å². The Kier molecular flexibility index (Phi) is 6.28. The van der Waals surface area contributed by atoms with Gasteiger partial charge in [0.1, 0.15) is 5.82 Å². The second-order valence-electron chi connectivity index (χ2n) is 6.86. The van der Waals surface area contributed by atoms with Crippen molar-refractivity contribution in [3.63, 3.8) is 0 Å². The van der Waals surface area contributed by atoms with Gasteiger partial charge in [-0.2, -0.15) is 0 Å². The number of rotatable bonds is 8. The van der Waals surface area contributed by atoms with Gasteiger partial charge in [0.15, 0.2) is 0 Å². The van der Waals surface area contributed by atoms with E-state index in [1.54, 1.807) is 30.3 Å². The first kappa shape index (κ1) is 19.1. The van der Waals surface area contributed by atoms with Gasteiger partial charge < -0.3 is 16.2 Å². The Morgan fingerprint density at radius 3 is 2.44 bits per heavy atom. The van der Waals surface area contributed by atoms with Crippen molar-refractivity contribution >= 4 is 5.91 Å².